The lowest BCUT2D eigenvalue weighted by Crippen LogP contribution is -2.25. The maximum Gasteiger partial charge on any atom is 0.389 e. The van der Waals surface area contributed by atoms with Crippen molar-refractivity contribution in [3.63, 3.8) is 0 Å². The summed E-state index contributed by atoms with van der Waals surface area (Å²) in [5.74, 6) is -0.355. The van der Waals surface area contributed by atoms with E-state index in [9.17, 15) is 18.0 Å². The van der Waals surface area contributed by atoms with Crippen LogP contribution in [0.4, 0.5) is 18.9 Å². The monoisotopic (exact) mass is 338 g/mol. The van der Waals surface area contributed by atoms with Gasteiger partial charge in [-0.05, 0) is 47.0 Å². The van der Waals surface area contributed by atoms with Crippen LogP contribution in [0.5, 0.6) is 0 Å². The second kappa shape index (κ2) is 6.79. The number of nitrogens with one attached hydrogen (secondary N) is 1. The zero-order valence-electron chi connectivity index (χ0n) is 10.1. The molecule has 1 amide bonds. The summed E-state index contributed by atoms with van der Waals surface area (Å²) in [6.07, 6.45) is -4.68. The number of nitrogens with two attached hydrogens (primary N) is 1. The van der Waals surface area contributed by atoms with E-state index in [4.69, 9.17) is 5.73 Å². The van der Waals surface area contributed by atoms with Gasteiger partial charge in [0.15, 0.2) is 0 Å². The van der Waals surface area contributed by atoms with Gasteiger partial charge in [0.05, 0.1) is 5.56 Å². The number of nitrogen functional groups attached to an aromatic ring is 1. The lowest BCUT2D eigenvalue weighted by Gasteiger charge is -2.08. The Morgan fingerprint density at radius 3 is 2.63 bits per heavy atom. The van der Waals surface area contributed by atoms with Crippen molar-refractivity contribution in [2.45, 2.75) is 25.4 Å². The zero-order chi connectivity index (χ0) is 14.5. The molecule has 0 aliphatic carbocycles. The second-order valence-corrected chi connectivity index (χ2v) is 4.92. The van der Waals surface area contributed by atoms with Crippen LogP contribution in [0.1, 0.15) is 29.6 Å². The van der Waals surface area contributed by atoms with Crippen LogP contribution in [-0.2, 0) is 0 Å². The van der Waals surface area contributed by atoms with Crippen molar-refractivity contribution in [2.75, 3.05) is 12.3 Å². The summed E-state index contributed by atoms with van der Waals surface area (Å²) in [6, 6.07) is 4.80. The maximum absolute atomic E-state index is 11.9. The number of rotatable bonds is 5. The van der Waals surface area contributed by atoms with Crippen LogP contribution in [0, 0.1) is 0 Å². The molecule has 0 radical (unpaired) electrons. The zero-order valence-corrected chi connectivity index (χ0v) is 11.6. The van der Waals surface area contributed by atoms with Crippen molar-refractivity contribution in [1.82, 2.24) is 5.32 Å². The Kier molecular flexibility index (Phi) is 5.65. The first-order valence-electron chi connectivity index (χ1n) is 5.69. The van der Waals surface area contributed by atoms with Crippen LogP contribution in [0.2, 0.25) is 0 Å². The molecule has 19 heavy (non-hydrogen) atoms. The molecule has 0 heterocycles. The van der Waals surface area contributed by atoms with Crippen LogP contribution in [-0.4, -0.2) is 18.6 Å². The van der Waals surface area contributed by atoms with Crippen molar-refractivity contribution >= 4 is 27.5 Å². The van der Waals surface area contributed by atoms with E-state index in [1.807, 2.05) is 0 Å². The fourth-order valence-electron chi connectivity index (χ4n) is 1.46. The van der Waals surface area contributed by atoms with Gasteiger partial charge in [-0.25, -0.2) is 0 Å². The quantitative estimate of drug-likeness (QED) is 0.637. The number of hydrogen-bond donors (Lipinski definition) is 2. The number of anilines is 1. The molecule has 1 aromatic rings. The highest BCUT2D eigenvalue weighted by Crippen LogP contribution is 2.22. The van der Waals surface area contributed by atoms with E-state index in [0.29, 0.717) is 15.7 Å². The number of carbonyl (C=O) groups is 1. The van der Waals surface area contributed by atoms with E-state index in [-0.39, 0.29) is 25.3 Å². The topological polar surface area (TPSA) is 55.1 Å². The molecule has 0 atom stereocenters. The van der Waals surface area contributed by atoms with Gasteiger partial charge >= 0.3 is 6.18 Å². The smallest absolute Gasteiger partial charge is 0.389 e. The first-order valence-corrected chi connectivity index (χ1v) is 6.49. The molecule has 0 saturated heterocycles. The Bertz CT molecular complexity index is 449. The minimum atomic E-state index is -4.14. The van der Waals surface area contributed by atoms with Crippen molar-refractivity contribution in [2.24, 2.45) is 0 Å². The van der Waals surface area contributed by atoms with Gasteiger partial charge in [-0.15, -0.1) is 0 Å². The summed E-state index contributed by atoms with van der Waals surface area (Å²) < 4.78 is 36.3. The van der Waals surface area contributed by atoms with Gasteiger partial charge < -0.3 is 11.1 Å². The molecule has 0 bridgehead atoms. The number of benzene rings is 1. The largest absolute Gasteiger partial charge is 0.399 e. The van der Waals surface area contributed by atoms with Crippen LogP contribution in [0.3, 0.4) is 0 Å². The molecular weight excluding hydrogens is 325 g/mol. The van der Waals surface area contributed by atoms with Crippen molar-refractivity contribution in [3.05, 3.63) is 28.2 Å². The third kappa shape index (κ3) is 5.96. The number of amides is 1. The van der Waals surface area contributed by atoms with Crippen LogP contribution in [0.25, 0.3) is 0 Å². The minimum absolute atomic E-state index is 0.00186. The van der Waals surface area contributed by atoms with E-state index < -0.39 is 12.6 Å². The standard InChI is InChI=1S/C12H14BrF3N2O/c13-10-4-3-8(17)7-9(10)11(19)18-6-2-1-5-12(14,15)16/h3-4,7H,1-2,5-6,17H2,(H,18,19). The van der Waals surface area contributed by atoms with Gasteiger partial charge in [-0.3, -0.25) is 4.79 Å². The Labute approximate surface area is 117 Å². The van der Waals surface area contributed by atoms with Gasteiger partial charge in [0, 0.05) is 23.1 Å². The molecule has 0 fully saturated rings. The van der Waals surface area contributed by atoms with Gasteiger partial charge in [0.2, 0.25) is 0 Å². The van der Waals surface area contributed by atoms with Gasteiger partial charge in [0.1, 0.15) is 0 Å². The fourth-order valence-corrected chi connectivity index (χ4v) is 1.89. The predicted octanol–water partition coefficient (Wildman–Crippen LogP) is 3.49. The molecular formula is C12H14BrF3N2O. The lowest BCUT2D eigenvalue weighted by molar-refractivity contribution is -0.135. The molecule has 0 aliphatic heterocycles. The highest BCUT2D eigenvalue weighted by molar-refractivity contribution is 9.10. The summed E-state index contributed by atoms with van der Waals surface area (Å²) in [7, 11) is 0. The van der Waals surface area contributed by atoms with Gasteiger partial charge in [-0.1, -0.05) is 0 Å². The van der Waals surface area contributed by atoms with Crippen LogP contribution in [0.15, 0.2) is 22.7 Å². The van der Waals surface area contributed by atoms with Crippen molar-refractivity contribution in [3.8, 4) is 0 Å². The molecule has 1 rings (SSSR count). The van der Waals surface area contributed by atoms with Gasteiger partial charge in [0.25, 0.3) is 5.91 Å². The van der Waals surface area contributed by atoms with E-state index in [0.717, 1.165) is 0 Å². The van der Waals surface area contributed by atoms with Gasteiger partial charge in [-0.2, -0.15) is 13.2 Å². The van der Waals surface area contributed by atoms with Crippen LogP contribution < -0.4 is 11.1 Å². The summed E-state index contributed by atoms with van der Waals surface area (Å²) in [6.45, 7) is 0.205. The number of carbonyl (C=O) groups excluding carboxylic acids is 1. The summed E-state index contributed by atoms with van der Waals surface area (Å²) in [5, 5.41) is 2.56. The maximum atomic E-state index is 11.9. The Morgan fingerprint density at radius 1 is 1.32 bits per heavy atom. The summed E-state index contributed by atoms with van der Waals surface area (Å²) >= 11 is 3.21. The summed E-state index contributed by atoms with van der Waals surface area (Å²) in [5.41, 5.74) is 6.38. The van der Waals surface area contributed by atoms with E-state index in [1.165, 1.54) is 6.07 Å². The van der Waals surface area contributed by atoms with Crippen LogP contribution >= 0.6 is 15.9 Å². The van der Waals surface area contributed by atoms with E-state index >= 15 is 0 Å². The molecule has 106 valence electrons. The van der Waals surface area contributed by atoms with E-state index in [2.05, 4.69) is 21.2 Å². The lowest BCUT2D eigenvalue weighted by atomic mass is 10.2. The predicted molar refractivity (Wildman–Crippen MR) is 70.8 cm³/mol. The number of halogens is 4. The third-order valence-electron chi connectivity index (χ3n) is 2.41. The SMILES string of the molecule is Nc1ccc(Br)c(C(=O)NCCCCC(F)(F)F)c1. The third-order valence-corrected chi connectivity index (χ3v) is 3.10. The number of alkyl halides is 3. The number of hydrogen-bond acceptors (Lipinski definition) is 2. The second-order valence-electron chi connectivity index (χ2n) is 4.07. The summed E-state index contributed by atoms with van der Waals surface area (Å²) in [4.78, 5) is 11.8. The minimum Gasteiger partial charge on any atom is -0.399 e. The molecule has 3 N–H and O–H groups in total. The van der Waals surface area contributed by atoms with Crippen molar-refractivity contribution in [1.29, 1.82) is 0 Å². The normalized spacial score (nSPS) is 11.4. The highest BCUT2D eigenvalue weighted by atomic mass is 79.9. The molecule has 7 heteroatoms. The first-order chi connectivity index (χ1) is 8.79. The molecule has 3 nitrogen and oxygen atoms in total. The van der Waals surface area contributed by atoms with E-state index in [1.54, 1.807) is 12.1 Å². The molecule has 0 aliphatic rings. The molecule has 0 aromatic heterocycles. The Balaban J connectivity index is 2.38. The molecule has 0 saturated carbocycles. The van der Waals surface area contributed by atoms with Crippen molar-refractivity contribution < 1.29 is 18.0 Å². The molecule has 0 spiro atoms. The average Bonchev–Trinajstić information content (AvgIpc) is 2.30. The Hall–Kier alpha value is -1.24. The number of unbranched alkanes of at least 4 members (excludes halogenated alkanes) is 1. The average molecular weight is 339 g/mol. The molecule has 1 aromatic carbocycles. The first kappa shape index (κ1) is 15.8. The molecule has 0 unspecified atom stereocenters. The highest BCUT2D eigenvalue weighted by Gasteiger charge is 2.25. The fraction of sp³-hybridized carbons (Fsp3) is 0.417. The Morgan fingerprint density at radius 2 is 2.00 bits per heavy atom.